The molecule has 1 aliphatic rings. The molecule has 9 heavy (non-hydrogen) atoms. The molecule has 1 aliphatic carbocycles. The molecule has 1 saturated carbocycles. The zero-order chi connectivity index (χ0) is 6.74. The topological polar surface area (TPSA) is 12.0 Å². The summed E-state index contributed by atoms with van der Waals surface area (Å²) in [5, 5.41) is 0. The van der Waals surface area contributed by atoms with Crippen LogP contribution in [0.3, 0.4) is 0 Å². The molecule has 0 bridgehead atoms. The highest BCUT2D eigenvalue weighted by molar-refractivity contribution is 4.82. The summed E-state index contributed by atoms with van der Waals surface area (Å²) in [5.74, 6) is 0. The van der Waals surface area contributed by atoms with Crippen LogP contribution in [0.2, 0.25) is 0 Å². The molecule has 0 heterocycles. The van der Waals surface area contributed by atoms with Gasteiger partial charge < -0.3 is 0 Å². The fourth-order valence-corrected chi connectivity index (χ4v) is 1.43. The standard InChI is InChI=1S/C7H14FN/c1-7(9-8)5-3-2-4-6-7/h9H,2-6H2,1H3. The maximum atomic E-state index is 12.0. The highest BCUT2D eigenvalue weighted by atomic mass is 19.2. The van der Waals surface area contributed by atoms with Crippen molar-refractivity contribution in [3.05, 3.63) is 0 Å². The molecule has 1 fully saturated rings. The molecule has 0 aromatic rings. The van der Waals surface area contributed by atoms with E-state index in [0.29, 0.717) is 0 Å². The number of hydrogen-bond donors (Lipinski definition) is 1. The molecule has 1 rings (SSSR count). The molecule has 0 aliphatic heterocycles. The molecule has 0 saturated heterocycles. The second-order valence-electron chi connectivity index (χ2n) is 3.22. The molecule has 0 radical (unpaired) electrons. The van der Waals surface area contributed by atoms with E-state index in [2.05, 4.69) is 0 Å². The van der Waals surface area contributed by atoms with E-state index in [0.717, 1.165) is 12.8 Å². The third-order valence-corrected chi connectivity index (χ3v) is 2.19. The summed E-state index contributed by atoms with van der Waals surface area (Å²) in [6.45, 7) is 1.95. The van der Waals surface area contributed by atoms with Gasteiger partial charge in [0.05, 0.1) is 0 Å². The fourth-order valence-electron chi connectivity index (χ4n) is 1.43. The van der Waals surface area contributed by atoms with Gasteiger partial charge >= 0.3 is 0 Å². The summed E-state index contributed by atoms with van der Waals surface area (Å²) in [4.78, 5) is 0. The lowest BCUT2D eigenvalue weighted by Gasteiger charge is -2.30. The van der Waals surface area contributed by atoms with E-state index in [-0.39, 0.29) is 5.54 Å². The van der Waals surface area contributed by atoms with E-state index in [1.54, 1.807) is 0 Å². The molecular formula is C7H14FN. The third kappa shape index (κ3) is 1.65. The van der Waals surface area contributed by atoms with Crippen LogP contribution in [0.4, 0.5) is 4.48 Å². The summed E-state index contributed by atoms with van der Waals surface area (Å²) in [7, 11) is 0. The van der Waals surface area contributed by atoms with Crippen molar-refractivity contribution in [3.8, 4) is 0 Å². The van der Waals surface area contributed by atoms with Gasteiger partial charge in [0, 0.05) is 5.54 Å². The number of rotatable bonds is 1. The van der Waals surface area contributed by atoms with Gasteiger partial charge in [0.15, 0.2) is 0 Å². The van der Waals surface area contributed by atoms with E-state index in [1.165, 1.54) is 19.3 Å². The van der Waals surface area contributed by atoms with Crippen LogP contribution < -0.4 is 5.54 Å². The molecule has 0 aromatic carbocycles. The number of nitrogens with one attached hydrogen (secondary N) is 1. The first-order chi connectivity index (χ1) is 4.27. The van der Waals surface area contributed by atoms with Crippen LogP contribution in [0.5, 0.6) is 0 Å². The average molecular weight is 131 g/mol. The summed E-state index contributed by atoms with van der Waals surface area (Å²) < 4.78 is 12.0. The van der Waals surface area contributed by atoms with Crippen molar-refractivity contribution in [2.24, 2.45) is 0 Å². The summed E-state index contributed by atoms with van der Waals surface area (Å²) in [6.07, 6.45) is 5.60. The van der Waals surface area contributed by atoms with E-state index in [4.69, 9.17) is 0 Å². The van der Waals surface area contributed by atoms with Crippen LogP contribution in [-0.2, 0) is 0 Å². The minimum absolute atomic E-state index is 0.196. The molecule has 54 valence electrons. The lowest BCUT2D eigenvalue weighted by molar-refractivity contribution is 0.140. The quantitative estimate of drug-likeness (QED) is 0.538. The second-order valence-corrected chi connectivity index (χ2v) is 3.22. The van der Waals surface area contributed by atoms with Crippen molar-refractivity contribution >= 4 is 0 Å². The maximum absolute atomic E-state index is 12.0. The highest BCUT2D eigenvalue weighted by Gasteiger charge is 2.25. The fraction of sp³-hybridized carbons (Fsp3) is 1.00. The summed E-state index contributed by atoms with van der Waals surface area (Å²) in [5.41, 5.74) is 1.68. The summed E-state index contributed by atoms with van der Waals surface area (Å²) in [6, 6.07) is 0. The Hall–Kier alpha value is -0.110. The van der Waals surface area contributed by atoms with Gasteiger partial charge in [-0.15, -0.1) is 4.48 Å². The Morgan fingerprint density at radius 1 is 1.22 bits per heavy atom. The van der Waals surface area contributed by atoms with Crippen molar-refractivity contribution in [3.63, 3.8) is 0 Å². The molecule has 1 nitrogen and oxygen atoms in total. The highest BCUT2D eigenvalue weighted by Crippen LogP contribution is 2.27. The normalized spacial score (nSPS) is 26.0. The molecule has 0 atom stereocenters. The van der Waals surface area contributed by atoms with Crippen molar-refractivity contribution in [2.75, 3.05) is 0 Å². The van der Waals surface area contributed by atoms with Gasteiger partial charge in [0.2, 0.25) is 0 Å². The van der Waals surface area contributed by atoms with Gasteiger partial charge in [-0.1, -0.05) is 19.3 Å². The van der Waals surface area contributed by atoms with Crippen LogP contribution >= 0.6 is 0 Å². The predicted molar refractivity (Wildman–Crippen MR) is 35.7 cm³/mol. The Balaban J connectivity index is 2.37. The SMILES string of the molecule is CC1(NF)CCCCC1. The molecule has 0 amide bonds. The zero-order valence-electron chi connectivity index (χ0n) is 5.91. The van der Waals surface area contributed by atoms with Crippen LogP contribution in [-0.4, -0.2) is 5.54 Å². The Morgan fingerprint density at radius 3 is 2.11 bits per heavy atom. The number of halogens is 1. The lowest BCUT2D eigenvalue weighted by Crippen LogP contribution is -2.38. The first-order valence-electron chi connectivity index (χ1n) is 3.65. The van der Waals surface area contributed by atoms with Crippen molar-refractivity contribution in [1.82, 2.24) is 5.54 Å². The van der Waals surface area contributed by atoms with Crippen molar-refractivity contribution < 1.29 is 4.48 Å². The molecule has 2 heteroatoms. The molecular weight excluding hydrogens is 117 g/mol. The molecule has 0 aromatic heterocycles. The Bertz CT molecular complexity index is 86.9. The van der Waals surface area contributed by atoms with E-state index < -0.39 is 0 Å². The van der Waals surface area contributed by atoms with E-state index in [1.807, 2.05) is 12.5 Å². The number of hydrogen-bond acceptors (Lipinski definition) is 1. The van der Waals surface area contributed by atoms with Gasteiger partial charge in [0.25, 0.3) is 0 Å². The molecule has 0 unspecified atom stereocenters. The zero-order valence-corrected chi connectivity index (χ0v) is 5.91. The molecule has 1 N–H and O–H groups in total. The van der Waals surface area contributed by atoms with Gasteiger partial charge in [-0.25, -0.2) is 0 Å². The van der Waals surface area contributed by atoms with E-state index in [9.17, 15) is 4.48 Å². The van der Waals surface area contributed by atoms with Gasteiger partial charge in [-0.3, -0.25) is 0 Å². The monoisotopic (exact) mass is 131 g/mol. The minimum Gasteiger partial charge on any atom is -0.153 e. The maximum Gasteiger partial charge on any atom is 0.0454 e. The second kappa shape index (κ2) is 2.65. The van der Waals surface area contributed by atoms with Crippen LogP contribution in [0.15, 0.2) is 0 Å². The smallest absolute Gasteiger partial charge is 0.0454 e. The van der Waals surface area contributed by atoms with Crippen molar-refractivity contribution in [1.29, 1.82) is 0 Å². The largest absolute Gasteiger partial charge is 0.153 e. The first kappa shape index (κ1) is 7.00. The predicted octanol–water partition coefficient (Wildman–Crippen LogP) is 2.18. The third-order valence-electron chi connectivity index (χ3n) is 2.19. The van der Waals surface area contributed by atoms with Gasteiger partial charge in [-0.2, -0.15) is 5.54 Å². The average Bonchev–Trinajstić information content (AvgIpc) is 1.90. The Kier molecular flexibility index (Phi) is 2.06. The van der Waals surface area contributed by atoms with Crippen LogP contribution in [0.25, 0.3) is 0 Å². The van der Waals surface area contributed by atoms with E-state index >= 15 is 0 Å². The minimum atomic E-state index is -0.196. The first-order valence-corrected chi connectivity index (χ1v) is 3.65. The van der Waals surface area contributed by atoms with Gasteiger partial charge in [0.1, 0.15) is 0 Å². The molecule has 0 spiro atoms. The van der Waals surface area contributed by atoms with Crippen molar-refractivity contribution in [2.45, 2.75) is 44.6 Å². The Labute approximate surface area is 55.6 Å². The van der Waals surface area contributed by atoms with Gasteiger partial charge in [-0.05, 0) is 19.8 Å². The lowest BCUT2D eigenvalue weighted by atomic mass is 9.84. The van der Waals surface area contributed by atoms with Crippen LogP contribution in [0, 0.1) is 0 Å². The summed E-state index contributed by atoms with van der Waals surface area (Å²) >= 11 is 0. The van der Waals surface area contributed by atoms with Crippen LogP contribution in [0.1, 0.15) is 39.0 Å². The Morgan fingerprint density at radius 2 is 1.78 bits per heavy atom.